The third-order valence-corrected chi connectivity index (χ3v) is 5.84. The molecule has 3 heterocycles. The van der Waals surface area contributed by atoms with E-state index in [9.17, 15) is 18.0 Å². The topological polar surface area (TPSA) is 53.4 Å². The lowest BCUT2D eigenvalue weighted by atomic mass is 10.0. The number of halogens is 3. The van der Waals surface area contributed by atoms with Crippen LogP contribution in [-0.4, -0.2) is 28.6 Å². The van der Waals surface area contributed by atoms with Gasteiger partial charge in [-0.3, -0.25) is 9.36 Å². The Kier molecular flexibility index (Phi) is 4.44. The van der Waals surface area contributed by atoms with E-state index in [1.54, 1.807) is 22.8 Å². The number of nitrogens with zero attached hydrogens (tertiary/aromatic N) is 2. The maximum atomic E-state index is 13.0. The summed E-state index contributed by atoms with van der Waals surface area (Å²) in [6.45, 7) is 1.58. The van der Waals surface area contributed by atoms with Crippen LogP contribution in [0.2, 0.25) is 0 Å². The number of aromatic nitrogens is 2. The molecule has 0 bridgehead atoms. The third-order valence-electron chi connectivity index (χ3n) is 5.84. The van der Waals surface area contributed by atoms with E-state index in [0.717, 1.165) is 12.1 Å². The van der Waals surface area contributed by atoms with E-state index >= 15 is 0 Å². The highest BCUT2D eigenvalue weighted by molar-refractivity contribution is 5.83. The highest BCUT2D eigenvalue weighted by atomic mass is 19.4. The maximum Gasteiger partial charge on any atom is 0.416 e. The Bertz CT molecular complexity index is 1160. The van der Waals surface area contributed by atoms with Gasteiger partial charge in [0.15, 0.2) is 5.79 Å². The fourth-order valence-electron chi connectivity index (χ4n) is 4.21. The number of alkyl halides is 3. The fourth-order valence-corrected chi connectivity index (χ4v) is 4.21. The summed E-state index contributed by atoms with van der Waals surface area (Å²) in [5.41, 5.74) is 1.06. The lowest BCUT2D eigenvalue weighted by molar-refractivity contribution is -0.165. The van der Waals surface area contributed by atoms with Crippen LogP contribution in [0.25, 0.3) is 22.0 Å². The molecule has 2 aliphatic heterocycles. The Morgan fingerprint density at radius 1 is 0.967 bits per heavy atom. The number of ether oxygens (including phenoxy) is 2. The van der Waals surface area contributed by atoms with Gasteiger partial charge in [-0.1, -0.05) is 18.2 Å². The molecule has 156 valence electrons. The van der Waals surface area contributed by atoms with Gasteiger partial charge >= 0.3 is 6.18 Å². The van der Waals surface area contributed by atoms with Crippen LogP contribution in [0.3, 0.4) is 0 Å². The van der Waals surface area contributed by atoms with Crippen molar-refractivity contribution in [2.45, 2.75) is 37.8 Å². The molecule has 2 aliphatic rings. The second kappa shape index (κ2) is 6.92. The van der Waals surface area contributed by atoms with Crippen LogP contribution < -0.4 is 5.56 Å². The van der Waals surface area contributed by atoms with Crippen LogP contribution in [0.15, 0.2) is 47.3 Å². The van der Waals surface area contributed by atoms with E-state index in [4.69, 9.17) is 14.5 Å². The summed E-state index contributed by atoms with van der Waals surface area (Å²) in [4.78, 5) is 17.8. The second-order valence-electron chi connectivity index (χ2n) is 7.65. The molecule has 0 radical (unpaired) electrons. The van der Waals surface area contributed by atoms with Gasteiger partial charge in [0.2, 0.25) is 0 Å². The van der Waals surface area contributed by atoms with Crippen molar-refractivity contribution in [2.75, 3.05) is 13.2 Å². The van der Waals surface area contributed by atoms with Crippen molar-refractivity contribution in [3.05, 3.63) is 64.2 Å². The summed E-state index contributed by atoms with van der Waals surface area (Å²) in [6.07, 6.45) is -2.60. The predicted molar refractivity (Wildman–Crippen MR) is 104 cm³/mol. The molecule has 0 aliphatic carbocycles. The zero-order chi connectivity index (χ0) is 20.9. The first-order valence-corrected chi connectivity index (χ1v) is 9.84. The minimum Gasteiger partial charge on any atom is -0.347 e. The first-order valence-electron chi connectivity index (χ1n) is 9.84. The summed E-state index contributed by atoms with van der Waals surface area (Å²) in [7, 11) is 0. The first-order chi connectivity index (χ1) is 14.3. The molecule has 1 aromatic heterocycles. The molecule has 30 heavy (non-hydrogen) atoms. The quantitative estimate of drug-likeness (QED) is 0.598. The molecule has 5 rings (SSSR count). The van der Waals surface area contributed by atoms with Crippen molar-refractivity contribution in [1.29, 1.82) is 0 Å². The maximum absolute atomic E-state index is 13.0. The van der Waals surface area contributed by atoms with E-state index in [0.29, 0.717) is 66.9 Å². The molecule has 1 fully saturated rings. The van der Waals surface area contributed by atoms with E-state index in [1.165, 1.54) is 12.1 Å². The van der Waals surface area contributed by atoms with Gasteiger partial charge in [0, 0.05) is 25.8 Å². The van der Waals surface area contributed by atoms with Crippen molar-refractivity contribution in [2.24, 2.45) is 0 Å². The van der Waals surface area contributed by atoms with Gasteiger partial charge in [-0.2, -0.15) is 13.2 Å². The van der Waals surface area contributed by atoms with Crippen molar-refractivity contribution < 1.29 is 22.6 Å². The Balaban J connectivity index is 1.52. The average Bonchev–Trinajstić information content (AvgIpc) is 3.11. The lowest BCUT2D eigenvalue weighted by Gasteiger charge is -2.24. The van der Waals surface area contributed by atoms with E-state index < -0.39 is 17.5 Å². The van der Waals surface area contributed by atoms with Gasteiger partial charge in [-0.15, -0.1) is 0 Å². The van der Waals surface area contributed by atoms with Crippen molar-refractivity contribution >= 4 is 10.9 Å². The molecule has 0 saturated carbocycles. The number of fused-ring (bicyclic) bond motifs is 2. The highest BCUT2D eigenvalue weighted by Crippen LogP contribution is 2.33. The van der Waals surface area contributed by atoms with Crippen LogP contribution in [0.5, 0.6) is 0 Å². The van der Waals surface area contributed by atoms with Gasteiger partial charge in [0.25, 0.3) is 5.56 Å². The fraction of sp³-hybridized carbons (Fsp3) is 0.364. The Labute approximate surface area is 170 Å². The van der Waals surface area contributed by atoms with Gasteiger partial charge in [-0.05, 0) is 35.4 Å². The Hall–Kier alpha value is -2.71. The Morgan fingerprint density at radius 2 is 1.67 bits per heavy atom. The Morgan fingerprint density at radius 3 is 2.37 bits per heavy atom. The normalized spacial score (nSPS) is 18.5. The minimum atomic E-state index is -4.38. The number of hydrogen-bond donors (Lipinski definition) is 0. The molecule has 8 heteroatoms. The van der Waals surface area contributed by atoms with Gasteiger partial charge in [0.1, 0.15) is 5.82 Å². The smallest absolute Gasteiger partial charge is 0.347 e. The van der Waals surface area contributed by atoms with Crippen LogP contribution >= 0.6 is 0 Å². The molecule has 1 spiro atoms. The average molecular weight is 416 g/mol. The SMILES string of the molecule is O=c1c2ccc(-c3ccc(C(F)(F)F)cc3)cc2nc2n1CCC1(CC2)OCCO1. The summed E-state index contributed by atoms with van der Waals surface area (Å²) in [6, 6.07) is 10.2. The summed E-state index contributed by atoms with van der Waals surface area (Å²) in [5.74, 6) is 0.0330. The monoisotopic (exact) mass is 416 g/mol. The van der Waals surface area contributed by atoms with Crippen molar-refractivity contribution in [3.63, 3.8) is 0 Å². The number of aryl methyl sites for hydroxylation is 1. The zero-order valence-electron chi connectivity index (χ0n) is 16.0. The molecule has 0 atom stereocenters. The summed E-state index contributed by atoms with van der Waals surface area (Å²) < 4.78 is 51.7. The largest absolute Gasteiger partial charge is 0.416 e. The van der Waals surface area contributed by atoms with Gasteiger partial charge < -0.3 is 9.47 Å². The van der Waals surface area contributed by atoms with Crippen molar-refractivity contribution in [3.8, 4) is 11.1 Å². The van der Waals surface area contributed by atoms with Crippen LogP contribution in [0.4, 0.5) is 13.2 Å². The molecule has 2 aromatic carbocycles. The molecule has 3 aromatic rings. The standard InChI is InChI=1S/C22H19F3N2O3/c23-22(24,25)16-4-1-14(2-5-16)15-3-6-17-18(13-15)26-19-7-8-21(29-11-12-30-21)9-10-27(19)20(17)28/h1-6,13H,7-12H2. The number of rotatable bonds is 1. The van der Waals surface area contributed by atoms with Gasteiger partial charge in [-0.25, -0.2) is 4.98 Å². The third kappa shape index (κ3) is 3.30. The zero-order valence-corrected chi connectivity index (χ0v) is 16.0. The van der Waals surface area contributed by atoms with E-state index in [1.807, 2.05) is 0 Å². The minimum absolute atomic E-state index is 0.121. The molecular formula is C22H19F3N2O3. The number of hydrogen-bond acceptors (Lipinski definition) is 4. The molecule has 0 amide bonds. The molecule has 0 N–H and O–H groups in total. The summed E-state index contributed by atoms with van der Waals surface area (Å²) >= 11 is 0. The molecule has 0 unspecified atom stereocenters. The molecular weight excluding hydrogens is 397 g/mol. The second-order valence-corrected chi connectivity index (χ2v) is 7.65. The van der Waals surface area contributed by atoms with E-state index in [-0.39, 0.29) is 5.56 Å². The highest BCUT2D eigenvalue weighted by Gasteiger charge is 2.38. The number of benzene rings is 2. The van der Waals surface area contributed by atoms with Gasteiger partial charge in [0.05, 0.1) is 29.7 Å². The predicted octanol–water partition coefficient (Wildman–Crippen LogP) is 4.16. The van der Waals surface area contributed by atoms with Crippen LogP contribution in [0.1, 0.15) is 24.2 Å². The lowest BCUT2D eigenvalue weighted by Crippen LogP contribution is -2.31. The molecule has 1 saturated heterocycles. The van der Waals surface area contributed by atoms with Crippen LogP contribution in [0, 0.1) is 0 Å². The van der Waals surface area contributed by atoms with Crippen molar-refractivity contribution in [1.82, 2.24) is 9.55 Å². The first kappa shape index (κ1) is 19.3. The summed E-state index contributed by atoms with van der Waals surface area (Å²) in [5, 5.41) is 0.485. The molecule has 5 nitrogen and oxygen atoms in total. The van der Waals surface area contributed by atoms with E-state index in [2.05, 4.69) is 0 Å². The van der Waals surface area contributed by atoms with Crippen LogP contribution in [-0.2, 0) is 28.6 Å².